The van der Waals surface area contributed by atoms with Gasteiger partial charge in [0, 0.05) is 21.1 Å². The van der Waals surface area contributed by atoms with Crippen molar-refractivity contribution in [1.29, 1.82) is 0 Å². The predicted molar refractivity (Wildman–Crippen MR) is 84.6 cm³/mol. The highest BCUT2D eigenvalue weighted by atomic mass is 32.1. The highest BCUT2D eigenvalue weighted by Crippen LogP contribution is 2.22. The van der Waals surface area contributed by atoms with Crippen LogP contribution in [-0.2, 0) is 6.61 Å². The van der Waals surface area contributed by atoms with Gasteiger partial charge in [0.15, 0.2) is 0 Å². The van der Waals surface area contributed by atoms with E-state index in [-0.39, 0.29) is 0 Å². The molecule has 0 aliphatic heterocycles. The number of ether oxygens (including phenoxy) is 1. The van der Waals surface area contributed by atoms with Crippen LogP contribution < -0.4 is 4.74 Å². The molecule has 1 heterocycles. The van der Waals surface area contributed by atoms with Crippen LogP contribution in [0.25, 0.3) is 10.9 Å². The summed E-state index contributed by atoms with van der Waals surface area (Å²) >= 11 is 5.40. The molecule has 2 nitrogen and oxygen atoms in total. The van der Waals surface area contributed by atoms with Crippen LogP contribution >= 0.6 is 12.2 Å². The van der Waals surface area contributed by atoms with Crippen LogP contribution in [0.2, 0.25) is 0 Å². The van der Waals surface area contributed by atoms with Crippen LogP contribution in [0.15, 0.2) is 54.6 Å². The van der Waals surface area contributed by atoms with E-state index in [1.165, 1.54) is 0 Å². The third-order valence-electron chi connectivity index (χ3n) is 3.18. The zero-order valence-corrected chi connectivity index (χ0v) is 12.0. The number of aromatic nitrogens is 1. The van der Waals surface area contributed by atoms with Crippen molar-refractivity contribution in [3.05, 3.63) is 70.4 Å². The summed E-state index contributed by atoms with van der Waals surface area (Å²) in [5, 5.41) is 1.02. The van der Waals surface area contributed by atoms with E-state index in [2.05, 4.69) is 17.1 Å². The molecule has 0 aliphatic rings. The van der Waals surface area contributed by atoms with Crippen molar-refractivity contribution < 1.29 is 4.74 Å². The molecule has 3 heteroatoms. The number of rotatable bonds is 3. The molecule has 1 aromatic heterocycles. The number of hydrogen-bond acceptors (Lipinski definition) is 2. The van der Waals surface area contributed by atoms with Gasteiger partial charge in [-0.25, -0.2) is 0 Å². The molecule has 0 spiro atoms. The molecule has 0 aliphatic carbocycles. The normalized spacial score (nSPS) is 10.7. The Morgan fingerprint density at radius 1 is 1.05 bits per heavy atom. The SMILES string of the molecule is Cc1cc(=S)c2cc(OCc3ccccc3)ccc2[nH]1. The number of nitrogens with one attached hydrogen (secondary N) is 1. The second-order valence-electron chi connectivity index (χ2n) is 4.80. The van der Waals surface area contributed by atoms with E-state index in [0.717, 1.165) is 32.4 Å². The van der Waals surface area contributed by atoms with Gasteiger partial charge in [0.2, 0.25) is 0 Å². The molecular formula is C17H15NOS. The van der Waals surface area contributed by atoms with Crippen molar-refractivity contribution in [1.82, 2.24) is 4.98 Å². The standard InChI is InChI=1S/C17H15NOS/c1-12-9-17(20)15-10-14(7-8-16(15)18-12)19-11-13-5-3-2-4-6-13/h2-10H,11H2,1H3,(H,18,20). The third-order valence-corrected chi connectivity index (χ3v) is 3.52. The zero-order chi connectivity index (χ0) is 13.9. The summed E-state index contributed by atoms with van der Waals surface area (Å²) in [6, 6.07) is 18.1. The predicted octanol–water partition coefficient (Wildman–Crippen LogP) is 4.78. The summed E-state index contributed by atoms with van der Waals surface area (Å²) in [5.41, 5.74) is 3.27. The van der Waals surface area contributed by atoms with E-state index in [4.69, 9.17) is 17.0 Å². The Bertz CT molecular complexity index is 793. The van der Waals surface area contributed by atoms with Crippen molar-refractivity contribution in [2.45, 2.75) is 13.5 Å². The van der Waals surface area contributed by atoms with Crippen molar-refractivity contribution in [2.24, 2.45) is 0 Å². The second-order valence-corrected chi connectivity index (χ2v) is 5.24. The van der Waals surface area contributed by atoms with Crippen molar-refractivity contribution in [3.8, 4) is 5.75 Å². The van der Waals surface area contributed by atoms with Gasteiger partial charge in [-0.05, 0) is 36.8 Å². The molecule has 0 saturated heterocycles. The van der Waals surface area contributed by atoms with Crippen LogP contribution in [0.5, 0.6) is 5.75 Å². The van der Waals surface area contributed by atoms with Crippen LogP contribution in [0.1, 0.15) is 11.3 Å². The number of H-pyrrole nitrogens is 1. The lowest BCUT2D eigenvalue weighted by Gasteiger charge is -2.08. The maximum Gasteiger partial charge on any atom is 0.120 e. The van der Waals surface area contributed by atoms with Crippen molar-refractivity contribution >= 4 is 23.1 Å². The summed E-state index contributed by atoms with van der Waals surface area (Å²) in [6.07, 6.45) is 0. The molecule has 0 radical (unpaired) electrons. The van der Waals surface area contributed by atoms with Crippen molar-refractivity contribution in [2.75, 3.05) is 0 Å². The van der Waals surface area contributed by atoms with E-state index >= 15 is 0 Å². The van der Waals surface area contributed by atoms with Gasteiger partial charge in [-0.1, -0.05) is 42.5 Å². The molecule has 0 saturated carbocycles. The summed E-state index contributed by atoms with van der Waals surface area (Å²) in [7, 11) is 0. The van der Waals surface area contributed by atoms with Gasteiger partial charge in [-0.15, -0.1) is 0 Å². The molecule has 0 amide bonds. The first kappa shape index (κ1) is 12.9. The zero-order valence-electron chi connectivity index (χ0n) is 11.2. The lowest BCUT2D eigenvalue weighted by Crippen LogP contribution is -1.95. The molecule has 100 valence electrons. The second kappa shape index (κ2) is 5.47. The average molecular weight is 281 g/mol. The Morgan fingerprint density at radius 3 is 2.65 bits per heavy atom. The Balaban J connectivity index is 1.88. The maximum atomic E-state index is 5.83. The van der Waals surface area contributed by atoms with E-state index < -0.39 is 0 Å². The lowest BCUT2D eigenvalue weighted by molar-refractivity contribution is 0.306. The van der Waals surface area contributed by atoms with Crippen molar-refractivity contribution in [3.63, 3.8) is 0 Å². The fourth-order valence-corrected chi connectivity index (χ4v) is 2.54. The molecule has 2 aromatic carbocycles. The largest absolute Gasteiger partial charge is 0.489 e. The van der Waals surface area contributed by atoms with E-state index in [1.807, 2.05) is 49.4 Å². The lowest BCUT2D eigenvalue weighted by atomic mass is 10.2. The van der Waals surface area contributed by atoms with Gasteiger partial charge in [0.1, 0.15) is 12.4 Å². The smallest absolute Gasteiger partial charge is 0.120 e. The maximum absolute atomic E-state index is 5.83. The van der Waals surface area contributed by atoms with Gasteiger partial charge in [0.05, 0.1) is 0 Å². The fraction of sp³-hybridized carbons (Fsp3) is 0.118. The number of pyridine rings is 1. The molecule has 0 unspecified atom stereocenters. The first-order chi connectivity index (χ1) is 9.72. The quantitative estimate of drug-likeness (QED) is 0.698. The van der Waals surface area contributed by atoms with Crippen LogP contribution in [-0.4, -0.2) is 4.98 Å². The summed E-state index contributed by atoms with van der Waals surface area (Å²) in [4.78, 5) is 3.31. The van der Waals surface area contributed by atoms with E-state index in [0.29, 0.717) is 6.61 Å². The van der Waals surface area contributed by atoms with Gasteiger partial charge in [-0.3, -0.25) is 0 Å². The fourth-order valence-electron chi connectivity index (χ4n) is 2.19. The van der Waals surface area contributed by atoms with Crippen LogP contribution in [0, 0.1) is 11.4 Å². The van der Waals surface area contributed by atoms with Crippen LogP contribution in [0.4, 0.5) is 0 Å². The minimum Gasteiger partial charge on any atom is -0.489 e. The number of aromatic amines is 1. The number of hydrogen-bond donors (Lipinski definition) is 1. The molecule has 0 bridgehead atoms. The third kappa shape index (κ3) is 2.73. The average Bonchev–Trinajstić information content (AvgIpc) is 2.46. The molecule has 0 atom stereocenters. The Morgan fingerprint density at radius 2 is 1.85 bits per heavy atom. The molecule has 1 N–H and O–H groups in total. The summed E-state index contributed by atoms with van der Waals surface area (Å²) < 4.78 is 6.67. The Labute approximate surface area is 123 Å². The Kier molecular flexibility index (Phi) is 3.52. The van der Waals surface area contributed by atoms with Gasteiger partial charge in [-0.2, -0.15) is 0 Å². The molecule has 20 heavy (non-hydrogen) atoms. The minimum atomic E-state index is 0.564. The highest BCUT2D eigenvalue weighted by molar-refractivity contribution is 7.71. The number of benzene rings is 2. The van der Waals surface area contributed by atoms with Gasteiger partial charge >= 0.3 is 0 Å². The van der Waals surface area contributed by atoms with E-state index in [1.54, 1.807) is 0 Å². The molecule has 3 aromatic rings. The summed E-state index contributed by atoms with van der Waals surface area (Å²) in [5.74, 6) is 0.838. The monoisotopic (exact) mass is 281 g/mol. The van der Waals surface area contributed by atoms with Gasteiger partial charge in [0.25, 0.3) is 0 Å². The first-order valence-electron chi connectivity index (χ1n) is 6.53. The first-order valence-corrected chi connectivity index (χ1v) is 6.93. The highest BCUT2D eigenvalue weighted by Gasteiger charge is 2.01. The minimum absolute atomic E-state index is 0.564. The number of fused-ring (bicyclic) bond motifs is 1. The topological polar surface area (TPSA) is 25.0 Å². The van der Waals surface area contributed by atoms with Crippen LogP contribution in [0.3, 0.4) is 0 Å². The molecular weight excluding hydrogens is 266 g/mol. The van der Waals surface area contributed by atoms with E-state index in [9.17, 15) is 0 Å². The summed E-state index contributed by atoms with van der Waals surface area (Å²) in [6.45, 7) is 2.57. The molecule has 3 rings (SSSR count). The number of aryl methyl sites for hydroxylation is 1. The van der Waals surface area contributed by atoms with Gasteiger partial charge < -0.3 is 9.72 Å². The Hall–Kier alpha value is -2.13. The molecule has 0 fully saturated rings.